The number of aliphatic hydroxyl groups is 1. The van der Waals surface area contributed by atoms with Gasteiger partial charge >= 0.3 is 0 Å². The van der Waals surface area contributed by atoms with E-state index in [1.807, 2.05) is 42.5 Å². The van der Waals surface area contributed by atoms with Crippen molar-refractivity contribution in [3.63, 3.8) is 0 Å². The summed E-state index contributed by atoms with van der Waals surface area (Å²) in [4.78, 5) is 0. The summed E-state index contributed by atoms with van der Waals surface area (Å²) in [6.45, 7) is 2.15. The van der Waals surface area contributed by atoms with Crippen LogP contribution in [0.3, 0.4) is 0 Å². The molecule has 0 bridgehead atoms. The first-order valence-electron chi connectivity index (χ1n) is 6.74. The van der Waals surface area contributed by atoms with Crippen LogP contribution >= 0.6 is 0 Å². The Kier molecular flexibility index (Phi) is 3.26. The molecule has 2 nitrogen and oxygen atoms in total. The summed E-state index contributed by atoms with van der Waals surface area (Å²) in [6.07, 6.45) is 0.237. The van der Waals surface area contributed by atoms with E-state index >= 15 is 0 Å². The average molecular weight is 254 g/mol. The maximum atomic E-state index is 10.2. The molecule has 1 aliphatic heterocycles. The molecule has 0 fully saturated rings. The third-order valence-corrected chi connectivity index (χ3v) is 3.89. The Labute approximate surface area is 113 Å². The van der Waals surface area contributed by atoms with Crippen LogP contribution in [0.15, 0.2) is 54.6 Å². The molecule has 3 rings (SSSR count). The molecular formula is C17H18O2. The highest BCUT2D eigenvalue weighted by atomic mass is 16.5. The number of hydrogen-bond acceptors (Lipinski definition) is 2. The number of para-hydroxylation sites is 1. The largest absolute Gasteiger partial charge is 0.489 e. The fourth-order valence-electron chi connectivity index (χ4n) is 2.70. The van der Waals surface area contributed by atoms with Gasteiger partial charge in [-0.3, -0.25) is 0 Å². The molecule has 1 N–H and O–H groups in total. The van der Waals surface area contributed by atoms with Crippen LogP contribution in [-0.4, -0.2) is 11.2 Å². The van der Waals surface area contributed by atoms with E-state index in [4.69, 9.17) is 4.74 Å². The van der Waals surface area contributed by atoms with E-state index in [1.165, 1.54) is 5.56 Å². The number of ether oxygens (including phenoxy) is 1. The van der Waals surface area contributed by atoms with Crippen molar-refractivity contribution in [3.8, 4) is 5.75 Å². The van der Waals surface area contributed by atoms with Gasteiger partial charge < -0.3 is 9.84 Å². The molecule has 1 aliphatic rings. The van der Waals surface area contributed by atoms with Crippen molar-refractivity contribution in [2.45, 2.75) is 31.5 Å². The van der Waals surface area contributed by atoms with Crippen molar-refractivity contribution >= 4 is 0 Å². The van der Waals surface area contributed by atoms with Crippen LogP contribution in [0, 0.1) is 0 Å². The topological polar surface area (TPSA) is 29.5 Å². The maximum absolute atomic E-state index is 10.2. The molecule has 0 radical (unpaired) electrons. The molecule has 0 saturated carbocycles. The second-order valence-corrected chi connectivity index (χ2v) is 5.14. The van der Waals surface area contributed by atoms with Gasteiger partial charge in [-0.05, 0) is 11.6 Å². The zero-order valence-corrected chi connectivity index (χ0v) is 11.0. The second-order valence-electron chi connectivity index (χ2n) is 5.14. The highest BCUT2D eigenvalue weighted by Gasteiger charge is 2.30. The Morgan fingerprint density at radius 1 is 1.05 bits per heavy atom. The van der Waals surface area contributed by atoms with Gasteiger partial charge in [-0.1, -0.05) is 55.5 Å². The summed E-state index contributed by atoms with van der Waals surface area (Å²) in [5, 5.41) is 10.2. The minimum atomic E-state index is -0.430. The lowest BCUT2D eigenvalue weighted by molar-refractivity contribution is 0.0546. The first-order valence-corrected chi connectivity index (χ1v) is 6.74. The minimum Gasteiger partial charge on any atom is -0.489 e. The van der Waals surface area contributed by atoms with E-state index in [2.05, 4.69) is 19.1 Å². The standard InChI is InChI=1S/C17H18O2/c1-12(13-7-3-2-4-8-13)17-11-15(18)14-9-5-6-10-16(14)19-17/h2-10,12,15,17-18H,11H2,1H3. The third kappa shape index (κ3) is 2.36. The van der Waals surface area contributed by atoms with Crippen molar-refractivity contribution in [3.05, 3.63) is 65.7 Å². The van der Waals surface area contributed by atoms with Crippen molar-refractivity contribution in [1.82, 2.24) is 0 Å². The lowest BCUT2D eigenvalue weighted by Gasteiger charge is -2.33. The summed E-state index contributed by atoms with van der Waals surface area (Å²) >= 11 is 0. The Hall–Kier alpha value is -1.80. The zero-order valence-electron chi connectivity index (χ0n) is 11.0. The van der Waals surface area contributed by atoms with Crippen molar-refractivity contribution < 1.29 is 9.84 Å². The van der Waals surface area contributed by atoms with Crippen LogP contribution in [0.1, 0.15) is 36.5 Å². The molecule has 3 unspecified atom stereocenters. The van der Waals surface area contributed by atoms with Crippen molar-refractivity contribution in [2.24, 2.45) is 0 Å². The molecule has 0 saturated heterocycles. The van der Waals surface area contributed by atoms with E-state index in [0.717, 1.165) is 11.3 Å². The quantitative estimate of drug-likeness (QED) is 0.886. The van der Waals surface area contributed by atoms with Gasteiger partial charge in [-0.2, -0.15) is 0 Å². The van der Waals surface area contributed by atoms with E-state index in [1.54, 1.807) is 0 Å². The van der Waals surface area contributed by atoms with Gasteiger partial charge in [-0.15, -0.1) is 0 Å². The highest BCUT2D eigenvalue weighted by Crippen LogP contribution is 2.38. The number of fused-ring (bicyclic) bond motifs is 1. The summed E-state index contributed by atoms with van der Waals surface area (Å²) < 4.78 is 6.06. The van der Waals surface area contributed by atoms with Gasteiger partial charge in [0.25, 0.3) is 0 Å². The minimum absolute atomic E-state index is 0.0206. The molecule has 1 heterocycles. The molecule has 0 spiro atoms. The maximum Gasteiger partial charge on any atom is 0.125 e. The molecule has 0 aliphatic carbocycles. The van der Waals surface area contributed by atoms with Gasteiger partial charge in [0.05, 0.1) is 6.10 Å². The second kappa shape index (κ2) is 5.06. The number of aliphatic hydroxyl groups excluding tert-OH is 1. The Bertz CT molecular complexity index is 550. The van der Waals surface area contributed by atoms with Crippen LogP contribution in [0.25, 0.3) is 0 Å². The van der Waals surface area contributed by atoms with Gasteiger partial charge in [0.15, 0.2) is 0 Å². The van der Waals surface area contributed by atoms with Gasteiger partial charge in [0.1, 0.15) is 11.9 Å². The van der Waals surface area contributed by atoms with Crippen LogP contribution in [0.5, 0.6) is 5.75 Å². The molecular weight excluding hydrogens is 236 g/mol. The van der Waals surface area contributed by atoms with Crippen LogP contribution in [0.2, 0.25) is 0 Å². The predicted octanol–water partition coefficient (Wildman–Crippen LogP) is 3.67. The highest BCUT2D eigenvalue weighted by molar-refractivity contribution is 5.37. The molecule has 0 aromatic heterocycles. The number of benzene rings is 2. The van der Waals surface area contributed by atoms with E-state index < -0.39 is 6.10 Å². The number of hydrogen-bond donors (Lipinski definition) is 1. The zero-order chi connectivity index (χ0) is 13.2. The molecule has 2 aromatic carbocycles. The van der Waals surface area contributed by atoms with E-state index in [9.17, 15) is 5.11 Å². The normalized spacial score (nSPS) is 23.3. The Balaban J connectivity index is 1.85. The average Bonchev–Trinajstić information content (AvgIpc) is 2.47. The molecule has 2 aromatic rings. The molecule has 19 heavy (non-hydrogen) atoms. The Morgan fingerprint density at radius 3 is 2.53 bits per heavy atom. The predicted molar refractivity (Wildman–Crippen MR) is 75.3 cm³/mol. The van der Waals surface area contributed by atoms with Crippen molar-refractivity contribution in [2.75, 3.05) is 0 Å². The van der Waals surface area contributed by atoms with Gasteiger partial charge in [-0.25, -0.2) is 0 Å². The molecule has 0 amide bonds. The summed E-state index contributed by atoms with van der Waals surface area (Å²) in [5.41, 5.74) is 2.15. The summed E-state index contributed by atoms with van der Waals surface area (Å²) in [6, 6.07) is 18.1. The lowest BCUT2D eigenvalue weighted by Crippen LogP contribution is -2.30. The first kappa shape index (κ1) is 12.2. The smallest absolute Gasteiger partial charge is 0.125 e. The monoisotopic (exact) mass is 254 g/mol. The van der Waals surface area contributed by atoms with Crippen LogP contribution < -0.4 is 4.74 Å². The fraction of sp³-hybridized carbons (Fsp3) is 0.294. The summed E-state index contributed by atoms with van der Waals surface area (Å²) in [7, 11) is 0. The van der Waals surface area contributed by atoms with Crippen LogP contribution in [-0.2, 0) is 0 Å². The summed E-state index contributed by atoms with van der Waals surface area (Å²) in [5.74, 6) is 1.08. The fourth-order valence-corrected chi connectivity index (χ4v) is 2.70. The van der Waals surface area contributed by atoms with Crippen molar-refractivity contribution in [1.29, 1.82) is 0 Å². The van der Waals surface area contributed by atoms with Gasteiger partial charge in [0, 0.05) is 17.9 Å². The SMILES string of the molecule is CC(c1ccccc1)C1CC(O)c2ccccc2O1. The van der Waals surface area contributed by atoms with Crippen LogP contribution in [0.4, 0.5) is 0 Å². The first-order chi connectivity index (χ1) is 9.25. The molecule has 98 valence electrons. The molecule has 3 atom stereocenters. The lowest BCUT2D eigenvalue weighted by atomic mass is 9.88. The number of rotatable bonds is 2. The van der Waals surface area contributed by atoms with E-state index in [-0.39, 0.29) is 12.0 Å². The Morgan fingerprint density at radius 2 is 1.74 bits per heavy atom. The van der Waals surface area contributed by atoms with E-state index in [0.29, 0.717) is 6.42 Å². The third-order valence-electron chi connectivity index (χ3n) is 3.89. The molecule has 2 heteroatoms. The van der Waals surface area contributed by atoms with Gasteiger partial charge in [0.2, 0.25) is 0 Å².